The van der Waals surface area contributed by atoms with E-state index in [0.29, 0.717) is 4.47 Å². The Bertz CT molecular complexity index is 615. The van der Waals surface area contributed by atoms with Gasteiger partial charge in [-0.15, -0.1) is 0 Å². The van der Waals surface area contributed by atoms with Crippen LogP contribution in [0.1, 0.15) is 18.9 Å². The molecule has 1 aromatic rings. The van der Waals surface area contributed by atoms with Gasteiger partial charge in [-0.05, 0) is 24.6 Å². The molecule has 0 bridgehead atoms. The summed E-state index contributed by atoms with van der Waals surface area (Å²) in [6.07, 6.45) is -8.95. The van der Waals surface area contributed by atoms with Crippen molar-refractivity contribution in [3.63, 3.8) is 0 Å². The normalized spacial score (nSPS) is 16.6. The number of ether oxygens (including phenoxy) is 1. The molecule has 0 N–H and O–H groups in total. The Morgan fingerprint density at radius 3 is 1.84 bits per heavy atom. The molecule has 1 nitrogen and oxygen atoms in total. The van der Waals surface area contributed by atoms with Gasteiger partial charge in [0.1, 0.15) is 0 Å². The quantitative estimate of drug-likeness (QED) is 0.475. The summed E-state index contributed by atoms with van der Waals surface area (Å²) in [6.45, 7) is 0.879. The highest BCUT2D eigenvalue weighted by Gasteiger charge is 2.82. The predicted octanol–water partition coefficient (Wildman–Crippen LogP) is 6.17. The third-order valence-corrected chi connectivity index (χ3v) is 4.15. The van der Waals surface area contributed by atoms with Crippen LogP contribution < -0.4 is 0 Å². The first-order valence-electron chi connectivity index (χ1n) is 6.53. The van der Waals surface area contributed by atoms with E-state index in [1.165, 1.54) is 24.3 Å². The smallest absolute Gasteiger partial charge is 0.374 e. The van der Waals surface area contributed by atoms with Gasteiger partial charge in [-0.3, -0.25) is 0 Å². The molecule has 0 aliphatic carbocycles. The average molecular weight is 447 g/mol. The van der Waals surface area contributed by atoms with Crippen molar-refractivity contribution >= 4 is 15.9 Å². The minimum atomic E-state index is -6.92. The van der Waals surface area contributed by atoms with Crippen LogP contribution in [0.3, 0.4) is 0 Å². The molecule has 1 aromatic carbocycles. The number of alkyl halides is 9. The van der Waals surface area contributed by atoms with Gasteiger partial charge in [-0.25, -0.2) is 0 Å². The second kappa shape index (κ2) is 6.64. The summed E-state index contributed by atoms with van der Waals surface area (Å²) in [5.41, 5.74) is -2.37. The molecule has 1 atom stereocenters. The molecular weight excluding hydrogens is 435 g/mol. The summed E-state index contributed by atoms with van der Waals surface area (Å²) in [5.74, 6) is -19.3. The fourth-order valence-electron chi connectivity index (χ4n) is 2.05. The molecule has 11 heteroatoms. The van der Waals surface area contributed by atoms with Gasteiger partial charge < -0.3 is 4.74 Å². The van der Waals surface area contributed by atoms with Crippen molar-refractivity contribution in [2.45, 2.75) is 42.9 Å². The van der Waals surface area contributed by atoms with Gasteiger partial charge in [0.05, 0.1) is 12.0 Å². The largest absolute Gasteiger partial charge is 0.460 e. The molecule has 0 radical (unpaired) electrons. The van der Waals surface area contributed by atoms with Crippen LogP contribution in [0, 0.1) is 0 Å². The van der Waals surface area contributed by atoms with Crippen LogP contribution in [-0.2, 0) is 10.3 Å². The summed E-state index contributed by atoms with van der Waals surface area (Å²) in [4.78, 5) is 0. The van der Waals surface area contributed by atoms with E-state index in [-0.39, 0.29) is 5.56 Å². The molecular formula is C14H12BrF9O. The second-order valence-electron chi connectivity index (χ2n) is 5.47. The summed E-state index contributed by atoms with van der Waals surface area (Å²) < 4.78 is 122. The highest BCUT2D eigenvalue weighted by molar-refractivity contribution is 9.10. The molecule has 0 saturated carbocycles. The van der Waals surface area contributed by atoms with E-state index < -0.39 is 36.0 Å². The molecule has 1 rings (SSSR count). The molecule has 0 aromatic heterocycles. The number of hydrogen-bond acceptors (Lipinski definition) is 1. The Hall–Kier alpha value is -0.970. The number of hydrogen-bond donors (Lipinski definition) is 0. The van der Waals surface area contributed by atoms with Crippen LogP contribution in [0.15, 0.2) is 28.7 Å². The zero-order valence-corrected chi connectivity index (χ0v) is 14.3. The van der Waals surface area contributed by atoms with Crippen molar-refractivity contribution in [3.8, 4) is 0 Å². The monoisotopic (exact) mass is 446 g/mol. The number of methoxy groups -OCH3 is 1. The van der Waals surface area contributed by atoms with Gasteiger partial charge in [0.15, 0.2) is 0 Å². The van der Waals surface area contributed by atoms with Gasteiger partial charge in [-0.2, -0.15) is 39.5 Å². The number of rotatable bonds is 6. The fourth-order valence-corrected chi connectivity index (χ4v) is 2.45. The maximum atomic E-state index is 13.9. The summed E-state index contributed by atoms with van der Waals surface area (Å²) >= 11 is 3.00. The van der Waals surface area contributed by atoms with Gasteiger partial charge in [0.25, 0.3) is 0 Å². The maximum absolute atomic E-state index is 13.9. The first-order valence-corrected chi connectivity index (χ1v) is 7.32. The van der Waals surface area contributed by atoms with Crippen molar-refractivity contribution in [1.82, 2.24) is 0 Å². The highest BCUT2D eigenvalue weighted by atomic mass is 79.9. The maximum Gasteiger partial charge on any atom is 0.460 e. The molecule has 0 spiro atoms. The van der Waals surface area contributed by atoms with Crippen LogP contribution in [-0.4, -0.2) is 31.1 Å². The summed E-state index contributed by atoms with van der Waals surface area (Å²) in [5, 5.41) is 0. The summed E-state index contributed by atoms with van der Waals surface area (Å²) in [6, 6.07) is 5.17. The fraction of sp³-hybridized carbons (Fsp3) is 0.571. The van der Waals surface area contributed by atoms with Crippen LogP contribution in [0.5, 0.6) is 0 Å². The SMILES string of the molecule is COC(C)(CC(F)(F)C(F)(F)C(F)(F)C(F)(F)F)c1cccc(Br)c1. The molecule has 1 unspecified atom stereocenters. The summed E-state index contributed by atoms with van der Waals surface area (Å²) in [7, 11) is 0.844. The number of halogens is 10. The third kappa shape index (κ3) is 3.91. The Kier molecular flexibility index (Phi) is 5.86. The average Bonchev–Trinajstić information content (AvgIpc) is 2.45. The van der Waals surface area contributed by atoms with E-state index in [2.05, 4.69) is 15.9 Å². The zero-order valence-electron chi connectivity index (χ0n) is 12.7. The lowest BCUT2D eigenvalue weighted by Crippen LogP contribution is -2.62. The highest BCUT2D eigenvalue weighted by Crippen LogP contribution is 2.56. The van der Waals surface area contributed by atoms with Crippen molar-refractivity contribution in [2.75, 3.05) is 7.11 Å². The van der Waals surface area contributed by atoms with Gasteiger partial charge >= 0.3 is 23.9 Å². The Balaban J connectivity index is 3.33. The first-order chi connectivity index (χ1) is 11.0. The first kappa shape index (κ1) is 22.1. The molecule has 0 aliphatic heterocycles. The van der Waals surface area contributed by atoms with Crippen LogP contribution in [0.4, 0.5) is 39.5 Å². The molecule has 0 heterocycles. The van der Waals surface area contributed by atoms with E-state index in [9.17, 15) is 39.5 Å². The van der Waals surface area contributed by atoms with E-state index >= 15 is 0 Å². The molecule has 0 fully saturated rings. The van der Waals surface area contributed by atoms with Gasteiger partial charge in [0.2, 0.25) is 0 Å². The van der Waals surface area contributed by atoms with E-state index in [0.717, 1.165) is 14.0 Å². The zero-order chi connectivity index (χ0) is 19.9. The molecule has 0 aliphatic rings. The Morgan fingerprint density at radius 2 is 1.44 bits per heavy atom. The van der Waals surface area contributed by atoms with E-state index in [4.69, 9.17) is 4.74 Å². The van der Waals surface area contributed by atoms with Crippen molar-refractivity contribution in [3.05, 3.63) is 34.3 Å². The van der Waals surface area contributed by atoms with Crippen LogP contribution in [0.2, 0.25) is 0 Å². The minimum Gasteiger partial charge on any atom is -0.374 e. The van der Waals surface area contributed by atoms with E-state index in [1.807, 2.05) is 0 Å². The standard InChI is InChI=1S/C14H12BrF9O/c1-10(25-2,8-4-3-5-9(15)6-8)7-11(16,17)12(18,19)13(20,21)14(22,23)24/h3-6H,7H2,1-2H3. The van der Waals surface area contributed by atoms with Crippen LogP contribution in [0.25, 0.3) is 0 Å². The third-order valence-electron chi connectivity index (χ3n) is 3.65. The Labute approximate surface area is 145 Å². The van der Waals surface area contributed by atoms with Gasteiger partial charge in [-0.1, -0.05) is 28.1 Å². The Morgan fingerprint density at radius 1 is 0.920 bits per heavy atom. The van der Waals surface area contributed by atoms with Crippen molar-refractivity contribution < 1.29 is 44.3 Å². The second-order valence-corrected chi connectivity index (χ2v) is 6.39. The molecule has 144 valence electrons. The van der Waals surface area contributed by atoms with Crippen LogP contribution >= 0.6 is 15.9 Å². The molecule has 25 heavy (non-hydrogen) atoms. The lowest BCUT2D eigenvalue weighted by Gasteiger charge is -2.38. The van der Waals surface area contributed by atoms with Crippen molar-refractivity contribution in [2.24, 2.45) is 0 Å². The van der Waals surface area contributed by atoms with E-state index in [1.54, 1.807) is 0 Å². The van der Waals surface area contributed by atoms with Crippen molar-refractivity contribution in [1.29, 1.82) is 0 Å². The lowest BCUT2D eigenvalue weighted by atomic mass is 9.86. The minimum absolute atomic E-state index is 0.116. The lowest BCUT2D eigenvalue weighted by molar-refractivity contribution is -0.400. The molecule has 0 amide bonds. The number of benzene rings is 1. The molecule has 0 saturated heterocycles. The van der Waals surface area contributed by atoms with Gasteiger partial charge in [0, 0.05) is 11.6 Å². The predicted molar refractivity (Wildman–Crippen MR) is 74.0 cm³/mol. The topological polar surface area (TPSA) is 9.23 Å².